The normalized spacial score (nSPS) is 15.6. The van der Waals surface area contributed by atoms with Gasteiger partial charge in [-0.05, 0) is 0 Å². The molecule has 0 bridgehead atoms. The average molecular weight is 181 g/mol. The first-order valence-electron chi connectivity index (χ1n) is 3.09. The van der Waals surface area contributed by atoms with Crippen molar-refractivity contribution in [2.75, 3.05) is 19.4 Å². The maximum atomic E-state index is 10.6. The van der Waals surface area contributed by atoms with Gasteiger partial charge in [0.2, 0.25) is 5.91 Å². The second-order valence-electron chi connectivity index (χ2n) is 2.42. The highest BCUT2D eigenvalue weighted by molar-refractivity contribution is 7.57. The molecule has 6 heteroatoms. The molecule has 0 aromatic carbocycles. The lowest BCUT2D eigenvalue weighted by Gasteiger charge is -2.12. The molecule has 0 fully saturated rings. The number of amides is 1. The molecule has 0 aliphatic heterocycles. The van der Waals surface area contributed by atoms with Crippen LogP contribution in [0.2, 0.25) is 0 Å². The number of hydroxylamine groups is 2. The predicted octanol–water partition coefficient (Wildman–Crippen LogP) is 0.124. The van der Waals surface area contributed by atoms with Crippen molar-refractivity contribution >= 4 is 13.3 Å². The van der Waals surface area contributed by atoms with Crippen LogP contribution in [0.4, 0.5) is 0 Å². The van der Waals surface area contributed by atoms with Crippen molar-refractivity contribution < 1.29 is 19.5 Å². The van der Waals surface area contributed by atoms with E-state index in [-0.39, 0.29) is 12.7 Å². The van der Waals surface area contributed by atoms with E-state index >= 15 is 0 Å². The van der Waals surface area contributed by atoms with Crippen LogP contribution in [0, 0.1) is 0 Å². The molecule has 0 saturated heterocycles. The van der Waals surface area contributed by atoms with Crippen LogP contribution in [0.15, 0.2) is 0 Å². The highest BCUT2D eigenvalue weighted by Crippen LogP contribution is 2.34. The summed E-state index contributed by atoms with van der Waals surface area (Å²) in [5.41, 5.74) is 0. The standard InChI is InChI=1S/C5H12NO4P/c1-5(7)6(8)3-4-11(2,9)10/h8H,3-4H2,1-2H3,(H,9,10). The van der Waals surface area contributed by atoms with Gasteiger partial charge in [-0.25, -0.2) is 5.06 Å². The molecular formula is C5H12NO4P. The van der Waals surface area contributed by atoms with Crippen molar-refractivity contribution in [2.45, 2.75) is 6.92 Å². The minimum absolute atomic E-state index is 0.0803. The van der Waals surface area contributed by atoms with Crippen LogP contribution in [0.3, 0.4) is 0 Å². The van der Waals surface area contributed by atoms with Crippen LogP contribution >= 0.6 is 7.37 Å². The smallest absolute Gasteiger partial charge is 0.242 e. The number of nitrogens with zero attached hydrogens (tertiary/aromatic N) is 1. The van der Waals surface area contributed by atoms with Crippen LogP contribution in [0.25, 0.3) is 0 Å². The zero-order chi connectivity index (χ0) is 9.07. The van der Waals surface area contributed by atoms with Gasteiger partial charge in [0.05, 0.1) is 6.54 Å². The van der Waals surface area contributed by atoms with Gasteiger partial charge in [-0.2, -0.15) is 0 Å². The molecule has 1 amide bonds. The lowest BCUT2D eigenvalue weighted by molar-refractivity contribution is -0.161. The molecule has 5 nitrogen and oxygen atoms in total. The molecule has 11 heavy (non-hydrogen) atoms. The van der Waals surface area contributed by atoms with Crippen molar-refractivity contribution in [3.05, 3.63) is 0 Å². The fourth-order valence-electron chi connectivity index (χ4n) is 0.438. The first-order valence-corrected chi connectivity index (χ1v) is 5.38. The lowest BCUT2D eigenvalue weighted by Crippen LogP contribution is -2.27. The Labute approximate surface area is 65.0 Å². The molecule has 66 valence electrons. The van der Waals surface area contributed by atoms with Gasteiger partial charge < -0.3 is 4.89 Å². The molecule has 0 aliphatic carbocycles. The maximum Gasteiger partial charge on any atom is 0.242 e. The summed E-state index contributed by atoms with van der Waals surface area (Å²) in [5.74, 6) is -0.529. The average Bonchev–Trinajstić information content (AvgIpc) is 1.80. The van der Waals surface area contributed by atoms with E-state index in [1.807, 2.05) is 0 Å². The minimum atomic E-state index is -3.11. The van der Waals surface area contributed by atoms with Crippen LogP contribution in [0.5, 0.6) is 0 Å². The topological polar surface area (TPSA) is 77.8 Å². The van der Waals surface area contributed by atoms with E-state index in [0.717, 1.165) is 0 Å². The SMILES string of the molecule is CC(=O)N(O)CCP(C)(=O)O. The number of carbonyl (C=O) groups excluding carboxylic acids is 1. The molecule has 1 unspecified atom stereocenters. The van der Waals surface area contributed by atoms with Gasteiger partial charge >= 0.3 is 0 Å². The summed E-state index contributed by atoms with van der Waals surface area (Å²) < 4.78 is 10.6. The molecule has 0 radical (unpaired) electrons. The van der Waals surface area contributed by atoms with Crippen LogP contribution in [0.1, 0.15) is 6.92 Å². The van der Waals surface area contributed by atoms with E-state index in [2.05, 4.69) is 0 Å². The van der Waals surface area contributed by atoms with E-state index in [1.54, 1.807) is 0 Å². The number of hydrogen-bond acceptors (Lipinski definition) is 3. The Hall–Kier alpha value is -0.380. The quantitative estimate of drug-likeness (QED) is 0.368. The summed E-state index contributed by atoms with van der Waals surface area (Å²) in [6.45, 7) is 2.26. The molecule has 0 aliphatic rings. The minimum Gasteiger partial charge on any atom is -0.344 e. The zero-order valence-electron chi connectivity index (χ0n) is 6.52. The summed E-state index contributed by atoms with van der Waals surface area (Å²) in [6, 6.07) is 0. The van der Waals surface area contributed by atoms with Crippen LogP contribution in [-0.4, -0.2) is 40.4 Å². The fraction of sp³-hybridized carbons (Fsp3) is 0.800. The van der Waals surface area contributed by atoms with Crippen molar-refractivity contribution in [3.63, 3.8) is 0 Å². The fourth-order valence-corrected chi connectivity index (χ4v) is 0.998. The second kappa shape index (κ2) is 3.85. The molecule has 0 aromatic heterocycles. The largest absolute Gasteiger partial charge is 0.344 e. The van der Waals surface area contributed by atoms with E-state index in [1.165, 1.54) is 13.6 Å². The third-order valence-corrected chi connectivity index (χ3v) is 2.12. The molecule has 1 atom stereocenters. The first-order chi connectivity index (χ1) is 4.83. The monoisotopic (exact) mass is 181 g/mol. The Morgan fingerprint density at radius 1 is 1.64 bits per heavy atom. The van der Waals surface area contributed by atoms with Crippen molar-refractivity contribution in [3.8, 4) is 0 Å². The van der Waals surface area contributed by atoms with E-state index in [9.17, 15) is 9.36 Å². The van der Waals surface area contributed by atoms with Gasteiger partial charge in [-0.3, -0.25) is 14.6 Å². The molecular weight excluding hydrogens is 169 g/mol. The zero-order valence-corrected chi connectivity index (χ0v) is 7.41. The van der Waals surface area contributed by atoms with Gasteiger partial charge in [0.1, 0.15) is 0 Å². The Morgan fingerprint density at radius 2 is 2.09 bits per heavy atom. The van der Waals surface area contributed by atoms with Gasteiger partial charge in [-0.1, -0.05) is 0 Å². The molecule has 0 heterocycles. The predicted molar refractivity (Wildman–Crippen MR) is 39.8 cm³/mol. The van der Waals surface area contributed by atoms with E-state index in [4.69, 9.17) is 10.1 Å². The van der Waals surface area contributed by atoms with E-state index < -0.39 is 13.3 Å². The molecule has 2 N–H and O–H groups in total. The second-order valence-corrected chi connectivity index (χ2v) is 4.97. The Morgan fingerprint density at radius 3 is 2.36 bits per heavy atom. The molecule has 0 aromatic rings. The number of carbonyl (C=O) groups is 1. The highest BCUT2D eigenvalue weighted by Gasteiger charge is 2.13. The van der Waals surface area contributed by atoms with Gasteiger partial charge in [0.15, 0.2) is 7.37 Å². The molecule has 0 saturated carbocycles. The Balaban J connectivity index is 3.72. The lowest BCUT2D eigenvalue weighted by atomic mass is 10.6. The van der Waals surface area contributed by atoms with Gasteiger partial charge in [0, 0.05) is 19.8 Å². The van der Waals surface area contributed by atoms with Gasteiger partial charge in [0.25, 0.3) is 0 Å². The summed E-state index contributed by atoms with van der Waals surface area (Å²) in [6.07, 6.45) is -0.0803. The maximum absolute atomic E-state index is 10.6. The van der Waals surface area contributed by atoms with Gasteiger partial charge in [-0.15, -0.1) is 0 Å². The third kappa shape index (κ3) is 6.04. The van der Waals surface area contributed by atoms with Crippen molar-refractivity contribution in [2.24, 2.45) is 0 Å². The Bertz CT molecular complexity index is 187. The number of hydrogen-bond donors (Lipinski definition) is 2. The summed E-state index contributed by atoms with van der Waals surface area (Å²) in [7, 11) is -3.11. The summed E-state index contributed by atoms with van der Waals surface area (Å²) in [4.78, 5) is 19.1. The highest BCUT2D eigenvalue weighted by atomic mass is 31.2. The van der Waals surface area contributed by atoms with Crippen molar-refractivity contribution in [1.82, 2.24) is 5.06 Å². The van der Waals surface area contributed by atoms with E-state index in [0.29, 0.717) is 5.06 Å². The van der Waals surface area contributed by atoms with Crippen molar-refractivity contribution in [1.29, 1.82) is 0 Å². The Kier molecular flexibility index (Phi) is 3.72. The summed E-state index contributed by atoms with van der Waals surface area (Å²) >= 11 is 0. The van der Waals surface area contributed by atoms with Crippen LogP contribution < -0.4 is 0 Å². The molecule has 0 rings (SSSR count). The third-order valence-electron chi connectivity index (χ3n) is 1.09. The first kappa shape index (κ1) is 10.6. The number of rotatable bonds is 3. The summed E-state index contributed by atoms with van der Waals surface area (Å²) in [5, 5.41) is 9.16. The molecule has 0 spiro atoms. The van der Waals surface area contributed by atoms with Crippen LogP contribution in [-0.2, 0) is 9.36 Å².